The molecule has 8 nitrogen and oxygen atoms in total. The molecule has 1 heterocycles. The SMILES string of the molecule is O=C(O)c1cc([N+](=O)[O-])cnc1N(CCO)C1CCCC1. The summed E-state index contributed by atoms with van der Waals surface area (Å²) in [5.41, 5.74) is -0.559. The molecular formula is C13H17N3O5. The summed E-state index contributed by atoms with van der Waals surface area (Å²) in [5.74, 6) is -1.07. The van der Waals surface area contributed by atoms with E-state index in [1.54, 1.807) is 4.90 Å². The molecule has 0 aliphatic heterocycles. The van der Waals surface area contributed by atoms with Gasteiger partial charge in [0.25, 0.3) is 5.69 Å². The topological polar surface area (TPSA) is 117 Å². The van der Waals surface area contributed by atoms with Crippen LogP contribution in [0.4, 0.5) is 11.5 Å². The normalized spacial score (nSPS) is 15.1. The third kappa shape index (κ3) is 3.27. The summed E-state index contributed by atoms with van der Waals surface area (Å²) in [4.78, 5) is 27.2. The highest BCUT2D eigenvalue weighted by atomic mass is 16.6. The number of aromatic carboxylic acids is 1. The molecule has 114 valence electrons. The van der Waals surface area contributed by atoms with Crippen LogP contribution in [0.15, 0.2) is 12.3 Å². The smallest absolute Gasteiger partial charge is 0.339 e. The van der Waals surface area contributed by atoms with Crippen molar-refractivity contribution in [3.8, 4) is 0 Å². The number of anilines is 1. The molecule has 1 aliphatic rings. The monoisotopic (exact) mass is 295 g/mol. The predicted molar refractivity (Wildman–Crippen MR) is 74.5 cm³/mol. The van der Waals surface area contributed by atoms with Gasteiger partial charge in [0.05, 0.1) is 11.5 Å². The van der Waals surface area contributed by atoms with Crippen LogP contribution in [0.2, 0.25) is 0 Å². The van der Waals surface area contributed by atoms with Gasteiger partial charge in [0.2, 0.25) is 0 Å². The van der Waals surface area contributed by atoms with Crippen LogP contribution < -0.4 is 4.90 Å². The number of hydrogen-bond donors (Lipinski definition) is 2. The molecule has 0 aromatic carbocycles. The fraction of sp³-hybridized carbons (Fsp3) is 0.538. The molecule has 0 atom stereocenters. The number of carbonyl (C=O) groups is 1. The van der Waals surface area contributed by atoms with Crippen LogP contribution in [0.3, 0.4) is 0 Å². The number of rotatable bonds is 6. The Hall–Kier alpha value is -2.22. The van der Waals surface area contributed by atoms with E-state index >= 15 is 0 Å². The zero-order chi connectivity index (χ0) is 15.4. The lowest BCUT2D eigenvalue weighted by Gasteiger charge is -2.30. The van der Waals surface area contributed by atoms with Gasteiger partial charge in [-0.15, -0.1) is 0 Å². The Morgan fingerprint density at radius 1 is 1.48 bits per heavy atom. The molecule has 1 fully saturated rings. The van der Waals surface area contributed by atoms with E-state index in [4.69, 9.17) is 0 Å². The molecule has 1 aromatic rings. The Kier molecular flexibility index (Phi) is 4.69. The summed E-state index contributed by atoms with van der Waals surface area (Å²) in [7, 11) is 0. The summed E-state index contributed by atoms with van der Waals surface area (Å²) in [6.45, 7) is 0.129. The van der Waals surface area contributed by atoms with Gasteiger partial charge in [-0.25, -0.2) is 9.78 Å². The fourth-order valence-electron chi connectivity index (χ4n) is 2.72. The zero-order valence-electron chi connectivity index (χ0n) is 11.4. The van der Waals surface area contributed by atoms with Gasteiger partial charge < -0.3 is 15.1 Å². The first-order chi connectivity index (χ1) is 10.0. The first-order valence-corrected chi connectivity index (χ1v) is 6.80. The largest absolute Gasteiger partial charge is 0.478 e. The van der Waals surface area contributed by atoms with Crippen molar-refractivity contribution >= 4 is 17.5 Å². The lowest BCUT2D eigenvalue weighted by atomic mass is 10.1. The van der Waals surface area contributed by atoms with Crippen molar-refractivity contribution in [1.29, 1.82) is 0 Å². The maximum atomic E-state index is 11.4. The number of aromatic nitrogens is 1. The number of hydrogen-bond acceptors (Lipinski definition) is 6. The minimum absolute atomic E-state index is 0.115. The predicted octanol–water partition coefficient (Wildman–Crippen LogP) is 1.43. The quantitative estimate of drug-likeness (QED) is 0.602. The van der Waals surface area contributed by atoms with Gasteiger partial charge in [-0.05, 0) is 12.8 Å². The van der Waals surface area contributed by atoms with Crippen LogP contribution in [0.25, 0.3) is 0 Å². The first kappa shape index (κ1) is 15.2. The summed E-state index contributed by atoms with van der Waals surface area (Å²) < 4.78 is 0. The lowest BCUT2D eigenvalue weighted by Crippen LogP contribution is -2.37. The van der Waals surface area contributed by atoms with Crippen LogP contribution in [-0.2, 0) is 0 Å². The maximum Gasteiger partial charge on any atom is 0.339 e. The summed E-state index contributed by atoms with van der Waals surface area (Å²) >= 11 is 0. The van der Waals surface area contributed by atoms with Gasteiger partial charge in [0.1, 0.15) is 17.6 Å². The molecule has 2 rings (SSSR count). The minimum atomic E-state index is -1.26. The van der Waals surface area contributed by atoms with Gasteiger partial charge in [0, 0.05) is 18.7 Å². The molecule has 0 saturated heterocycles. The Morgan fingerprint density at radius 2 is 2.14 bits per heavy atom. The van der Waals surface area contributed by atoms with E-state index in [9.17, 15) is 25.1 Å². The Labute approximate surface area is 121 Å². The number of nitrogens with zero attached hydrogens (tertiary/aromatic N) is 3. The number of carboxylic acid groups (broad SMARTS) is 1. The van der Waals surface area contributed by atoms with Crippen molar-refractivity contribution in [3.63, 3.8) is 0 Å². The summed E-state index contributed by atoms with van der Waals surface area (Å²) in [6.07, 6.45) is 4.94. The molecule has 0 unspecified atom stereocenters. The van der Waals surface area contributed by atoms with Crippen molar-refractivity contribution in [2.75, 3.05) is 18.1 Å². The molecule has 1 aromatic heterocycles. The molecule has 2 N–H and O–H groups in total. The molecule has 8 heteroatoms. The molecule has 0 amide bonds. The third-order valence-corrected chi connectivity index (χ3v) is 3.67. The zero-order valence-corrected chi connectivity index (χ0v) is 11.4. The van der Waals surface area contributed by atoms with Gasteiger partial charge in [-0.1, -0.05) is 12.8 Å². The molecule has 21 heavy (non-hydrogen) atoms. The van der Waals surface area contributed by atoms with Gasteiger partial charge >= 0.3 is 5.97 Å². The average Bonchev–Trinajstić information content (AvgIpc) is 2.98. The van der Waals surface area contributed by atoms with Crippen LogP contribution in [0, 0.1) is 10.1 Å². The van der Waals surface area contributed by atoms with E-state index in [2.05, 4.69) is 4.98 Å². The van der Waals surface area contributed by atoms with E-state index in [-0.39, 0.29) is 36.3 Å². The second-order valence-corrected chi connectivity index (χ2v) is 4.98. The Bertz CT molecular complexity index is 543. The molecule has 1 saturated carbocycles. The van der Waals surface area contributed by atoms with Crippen LogP contribution in [-0.4, -0.2) is 45.3 Å². The van der Waals surface area contributed by atoms with Crippen molar-refractivity contribution in [2.45, 2.75) is 31.7 Å². The van der Waals surface area contributed by atoms with E-state index in [1.807, 2.05) is 0 Å². The van der Waals surface area contributed by atoms with E-state index in [0.717, 1.165) is 37.9 Å². The number of carboxylic acids is 1. The highest BCUT2D eigenvalue weighted by Crippen LogP contribution is 2.30. The van der Waals surface area contributed by atoms with Crippen LogP contribution in [0.5, 0.6) is 0 Å². The van der Waals surface area contributed by atoms with Gasteiger partial charge in [0.15, 0.2) is 0 Å². The molecule has 0 bridgehead atoms. The lowest BCUT2D eigenvalue weighted by molar-refractivity contribution is -0.385. The van der Waals surface area contributed by atoms with E-state index < -0.39 is 10.9 Å². The van der Waals surface area contributed by atoms with Crippen molar-refractivity contribution in [1.82, 2.24) is 4.98 Å². The Balaban J connectivity index is 2.43. The number of nitro groups is 1. The first-order valence-electron chi connectivity index (χ1n) is 6.80. The van der Waals surface area contributed by atoms with Crippen LogP contribution >= 0.6 is 0 Å². The molecular weight excluding hydrogens is 278 g/mol. The summed E-state index contributed by atoms with van der Waals surface area (Å²) in [5, 5.41) is 29.2. The Morgan fingerprint density at radius 3 is 2.67 bits per heavy atom. The van der Waals surface area contributed by atoms with Crippen molar-refractivity contribution < 1.29 is 19.9 Å². The number of pyridine rings is 1. The highest BCUT2D eigenvalue weighted by molar-refractivity contribution is 5.94. The van der Waals surface area contributed by atoms with E-state index in [0.29, 0.717) is 0 Å². The standard InChI is InChI=1S/C13H17N3O5/c17-6-5-15(9-3-1-2-4-9)12-11(13(18)19)7-10(8-14-12)16(20)21/h7-9,17H,1-6H2,(H,18,19). The van der Waals surface area contributed by atoms with Crippen molar-refractivity contribution in [2.24, 2.45) is 0 Å². The second kappa shape index (κ2) is 6.49. The van der Waals surface area contributed by atoms with Crippen LogP contribution in [0.1, 0.15) is 36.0 Å². The molecule has 1 aliphatic carbocycles. The summed E-state index contributed by atoms with van der Waals surface area (Å²) in [6, 6.07) is 1.13. The molecule has 0 radical (unpaired) electrons. The highest BCUT2D eigenvalue weighted by Gasteiger charge is 2.28. The number of aliphatic hydroxyl groups excluding tert-OH is 1. The maximum absolute atomic E-state index is 11.4. The molecule has 0 spiro atoms. The third-order valence-electron chi connectivity index (χ3n) is 3.67. The van der Waals surface area contributed by atoms with E-state index in [1.165, 1.54) is 0 Å². The number of aliphatic hydroxyl groups is 1. The second-order valence-electron chi connectivity index (χ2n) is 4.98. The van der Waals surface area contributed by atoms with Gasteiger partial charge in [-0.2, -0.15) is 0 Å². The van der Waals surface area contributed by atoms with Gasteiger partial charge in [-0.3, -0.25) is 10.1 Å². The minimum Gasteiger partial charge on any atom is -0.478 e. The fourth-order valence-corrected chi connectivity index (χ4v) is 2.72. The average molecular weight is 295 g/mol. The van der Waals surface area contributed by atoms with Crippen molar-refractivity contribution in [3.05, 3.63) is 27.9 Å².